The fraction of sp³-hybridized carbons (Fsp3) is 0.250. The monoisotopic (exact) mass is 373 g/mol. The summed E-state index contributed by atoms with van der Waals surface area (Å²) in [6.45, 7) is 3.93. The van der Waals surface area contributed by atoms with E-state index in [1.54, 1.807) is 25.2 Å². The van der Waals surface area contributed by atoms with Crippen LogP contribution in [0, 0.1) is 13.8 Å². The summed E-state index contributed by atoms with van der Waals surface area (Å²) in [4.78, 5) is 23.0. The number of aryl methyl sites for hydroxylation is 2. The van der Waals surface area contributed by atoms with E-state index in [4.69, 9.17) is 0 Å². The second kappa shape index (κ2) is 6.98. The normalized spacial score (nSPS) is 11.6. The highest BCUT2D eigenvalue weighted by molar-refractivity contribution is 5.97. The number of hydrogen-bond donors (Lipinski definition) is 0. The highest BCUT2D eigenvalue weighted by Gasteiger charge is 2.30. The number of carbonyl (C=O) groups is 1. The molecule has 0 N–H and O–H groups in total. The van der Waals surface area contributed by atoms with Crippen molar-refractivity contribution in [2.24, 2.45) is 0 Å². The highest BCUT2D eigenvalue weighted by atomic mass is 19.4. The van der Waals surface area contributed by atoms with Gasteiger partial charge >= 0.3 is 6.18 Å². The maximum atomic E-state index is 12.7. The van der Waals surface area contributed by atoms with Crippen molar-refractivity contribution in [2.75, 3.05) is 7.05 Å². The van der Waals surface area contributed by atoms with Crippen molar-refractivity contribution in [1.82, 2.24) is 14.9 Å². The summed E-state index contributed by atoms with van der Waals surface area (Å²) < 4.78 is 37.9. The summed E-state index contributed by atoms with van der Waals surface area (Å²) >= 11 is 0. The molecule has 3 aromatic rings. The van der Waals surface area contributed by atoms with E-state index in [1.165, 1.54) is 17.0 Å². The number of rotatable bonds is 3. The van der Waals surface area contributed by atoms with E-state index < -0.39 is 11.7 Å². The van der Waals surface area contributed by atoms with E-state index in [1.807, 2.05) is 13.8 Å². The molecule has 1 aromatic heterocycles. The van der Waals surface area contributed by atoms with Crippen LogP contribution in [0.2, 0.25) is 0 Å². The number of nitrogens with zero attached hydrogens (tertiary/aromatic N) is 3. The third kappa shape index (κ3) is 4.07. The molecule has 0 atom stereocenters. The van der Waals surface area contributed by atoms with Gasteiger partial charge in [0.25, 0.3) is 5.91 Å². The van der Waals surface area contributed by atoms with E-state index in [-0.39, 0.29) is 12.5 Å². The van der Waals surface area contributed by atoms with Crippen LogP contribution in [0.3, 0.4) is 0 Å². The first kappa shape index (κ1) is 18.8. The van der Waals surface area contributed by atoms with E-state index >= 15 is 0 Å². The van der Waals surface area contributed by atoms with Gasteiger partial charge in [-0.15, -0.1) is 0 Å². The molecule has 7 heteroatoms. The van der Waals surface area contributed by atoms with Gasteiger partial charge in [0.05, 0.1) is 28.0 Å². The second-order valence-corrected chi connectivity index (χ2v) is 6.45. The first-order valence-corrected chi connectivity index (χ1v) is 8.32. The summed E-state index contributed by atoms with van der Waals surface area (Å²) in [6, 6.07) is 9.90. The van der Waals surface area contributed by atoms with Crippen LogP contribution in [-0.4, -0.2) is 27.8 Å². The minimum Gasteiger partial charge on any atom is -0.337 e. The molecular formula is C20H18F3N3O. The molecule has 1 heterocycles. The molecule has 0 saturated carbocycles. The molecule has 0 bridgehead atoms. The van der Waals surface area contributed by atoms with Gasteiger partial charge in [-0.25, -0.2) is 9.97 Å². The zero-order valence-corrected chi connectivity index (χ0v) is 15.1. The Morgan fingerprint density at radius 1 is 0.963 bits per heavy atom. The number of halogens is 3. The molecule has 0 radical (unpaired) electrons. The molecule has 140 valence electrons. The molecule has 1 amide bonds. The summed E-state index contributed by atoms with van der Waals surface area (Å²) in [6.07, 6.45) is -4.37. The molecule has 0 aliphatic rings. The summed E-state index contributed by atoms with van der Waals surface area (Å²) in [5, 5.41) is 0. The van der Waals surface area contributed by atoms with Gasteiger partial charge in [-0.3, -0.25) is 4.79 Å². The zero-order chi connectivity index (χ0) is 19.8. The Morgan fingerprint density at radius 2 is 1.56 bits per heavy atom. The maximum Gasteiger partial charge on any atom is 0.416 e. The molecule has 0 aliphatic heterocycles. The van der Waals surface area contributed by atoms with Crippen LogP contribution in [0.1, 0.15) is 32.9 Å². The molecule has 3 rings (SSSR count). The standard InChI is InChI=1S/C20H18F3N3O/c1-12-13(2)25-18-10-15(6-9-17(18)24-12)19(27)26(3)11-14-4-7-16(8-5-14)20(21,22)23/h4-10H,11H2,1-3H3. The Balaban J connectivity index is 1.79. The van der Waals surface area contributed by atoms with Crippen LogP contribution in [-0.2, 0) is 12.7 Å². The van der Waals surface area contributed by atoms with Crippen LogP contribution in [0.5, 0.6) is 0 Å². The van der Waals surface area contributed by atoms with Gasteiger partial charge in [0.15, 0.2) is 0 Å². The molecule has 0 aliphatic carbocycles. The lowest BCUT2D eigenvalue weighted by Crippen LogP contribution is -2.26. The van der Waals surface area contributed by atoms with E-state index in [0.29, 0.717) is 22.2 Å². The van der Waals surface area contributed by atoms with Crippen molar-refractivity contribution in [3.8, 4) is 0 Å². The Morgan fingerprint density at radius 3 is 2.15 bits per heavy atom. The number of hydrogen-bond acceptors (Lipinski definition) is 3. The Labute approximate surface area is 154 Å². The third-order valence-electron chi connectivity index (χ3n) is 4.37. The minimum atomic E-state index is -4.37. The maximum absolute atomic E-state index is 12.7. The van der Waals surface area contributed by atoms with Gasteiger partial charge in [0.2, 0.25) is 0 Å². The molecule has 0 unspecified atom stereocenters. The summed E-state index contributed by atoms with van der Waals surface area (Å²) in [7, 11) is 1.61. The fourth-order valence-electron chi connectivity index (χ4n) is 2.73. The van der Waals surface area contributed by atoms with Crippen molar-refractivity contribution in [1.29, 1.82) is 0 Å². The van der Waals surface area contributed by atoms with Crippen LogP contribution >= 0.6 is 0 Å². The Hall–Kier alpha value is -2.96. The van der Waals surface area contributed by atoms with Crippen molar-refractivity contribution < 1.29 is 18.0 Å². The molecular weight excluding hydrogens is 355 g/mol. The average molecular weight is 373 g/mol. The van der Waals surface area contributed by atoms with Gasteiger partial charge in [-0.05, 0) is 49.7 Å². The van der Waals surface area contributed by atoms with Crippen LogP contribution in [0.4, 0.5) is 13.2 Å². The second-order valence-electron chi connectivity index (χ2n) is 6.45. The predicted molar refractivity (Wildman–Crippen MR) is 96.3 cm³/mol. The molecule has 0 saturated heterocycles. The summed E-state index contributed by atoms with van der Waals surface area (Å²) in [5.74, 6) is -0.239. The topological polar surface area (TPSA) is 46.1 Å². The van der Waals surface area contributed by atoms with Crippen molar-refractivity contribution in [2.45, 2.75) is 26.6 Å². The number of benzene rings is 2. The molecule has 2 aromatic carbocycles. The van der Waals surface area contributed by atoms with Gasteiger partial charge in [-0.1, -0.05) is 12.1 Å². The lowest BCUT2D eigenvalue weighted by atomic mass is 10.1. The highest BCUT2D eigenvalue weighted by Crippen LogP contribution is 2.29. The van der Waals surface area contributed by atoms with Crippen molar-refractivity contribution in [3.05, 3.63) is 70.5 Å². The molecule has 0 fully saturated rings. The summed E-state index contributed by atoms with van der Waals surface area (Å²) in [5.41, 5.74) is 3.33. The Bertz CT molecular complexity index is 998. The molecule has 4 nitrogen and oxygen atoms in total. The van der Waals surface area contributed by atoms with Crippen molar-refractivity contribution >= 4 is 16.9 Å². The smallest absolute Gasteiger partial charge is 0.337 e. The van der Waals surface area contributed by atoms with E-state index in [0.717, 1.165) is 23.5 Å². The fourth-order valence-corrected chi connectivity index (χ4v) is 2.73. The van der Waals surface area contributed by atoms with Gasteiger partial charge in [0, 0.05) is 19.2 Å². The average Bonchev–Trinajstić information content (AvgIpc) is 2.61. The SMILES string of the molecule is Cc1nc2ccc(C(=O)N(C)Cc3ccc(C(F)(F)F)cc3)cc2nc1C. The lowest BCUT2D eigenvalue weighted by molar-refractivity contribution is -0.137. The first-order chi connectivity index (χ1) is 12.6. The van der Waals surface area contributed by atoms with E-state index in [2.05, 4.69) is 9.97 Å². The first-order valence-electron chi connectivity index (χ1n) is 8.32. The van der Waals surface area contributed by atoms with Crippen molar-refractivity contribution in [3.63, 3.8) is 0 Å². The van der Waals surface area contributed by atoms with Crippen LogP contribution < -0.4 is 0 Å². The minimum absolute atomic E-state index is 0.202. The quantitative estimate of drug-likeness (QED) is 0.677. The number of fused-ring (bicyclic) bond motifs is 1. The van der Waals surface area contributed by atoms with E-state index in [9.17, 15) is 18.0 Å². The number of alkyl halides is 3. The lowest BCUT2D eigenvalue weighted by Gasteiger charge is -2.18. The molecule has 0 spiro atoms. The van der Waals surface area contributed by atoms with Gasteiger partial charge in [-0.2, -0.15) is 13.2 Å². The van der Waals surface area contributed by atoms with Gasteiger partial charge in [0.1, 0.15) is 0 Å². The largest absolute Gasteiger partial charge is 0.416 e. The van der Waals surface area contributed by atoms with Crippen LogP contribution in [0.15, 0.2) is 42.5 Å². The number of aromatic nitrogens is 2. The number of carbonyl (C=O) groups excluding carboxylic acids is 1. The zero-order valence-electron chi connectivity index (χ0n) is 15.1. The number of amides is 1. The third-order valence-corrected chi connectivity index (χ3v) is 4.37. The van der Waals surface area contributed by atoms with Crippen LogP contribution in [0.25, 0.3) is 11.0 Å². The molecule has 27 heavy (non-hydrogen) atoms. The predicted octanol–water partition coefficient (Wildman–Crippen LogP) is 4.54. The Kier molecular flexibility index (Phi) is 4.87. The van der Waals surface area contributed by atoms with Gasteiger partial charge < -0.3 is 4.90 Å².